The van der Waals surface area contributed by atoms with Gasteiger partial charge in [0.05, 0.1) is 17.4 Å². The molecule has 0 saturated carbocycles. The Morgan fingerprint density at radius 3 is 2.57 bits per heavy atom. The Kier molecular flexibility index (Phi) is 3.94. The van der Waals surface area contributed by atoms with Crippen LogP contribution in [0, 0.1) is 0 Å². The lowest BCUT2D eigenvalue weighted by Crippen LogP contribution is -2.42. The molecule has 0 spiro atoms. The van der Waals surface area contributed by atoms with E-state index >= 15 is 0 Å². The van der Waals surface area contributed by atoms with Crippen molar-refractivity contribution in [1.29, 1.82) is 0 Å². The van der Waals surface area contributed by atoms with Gasteiger partial charge in [0.2, 0.25) is 0 Å². The number of carbonyl (C=O) groups excluding carboxylic acids is 1. The third-order valence-corrected chi connectivity index (χ3v) is 4.00. The fourth-order valence-corrected chi connectivity index (χ4v) is 2.58. The Labute approximate surface area is 128 Å². The Hall–Kier alpha value is -1.85. The maximum Gasteiger partial charge on any atom is 0.257 e. The summed E-state index contributed by atoms with van der Waals surface area (Å²) in [6.45, 7) is 1.43. The number of likely N-dealkylation sites (tertiary alicyclic amines) is 1. The SMILES string of the molecule is NC1CCN(C(=O)c2cnn(-c3ccc(Cl)cc3)c2)CC1. The van der Waals surface area contributed by atoms with Gasteiger partial charge in [0, 0.05) is 30.4 Å². The summed E-state index contributed by atoms with van der Waals surface area (Å²) >= 11 is 5.87. The number of piperidine rings is 1. The molecule has 110 valence electrons. The minimum Gasteiger partial charge on any atom is -0.338 e. The highest BCUT2D eigenvalue weighted by Gasteiger charge is 2.22. The van der Waals surface area contributed by atoms with Crippen molar-refractivity contribution in [2.45, 2.75) is 18.9 Å². The lowest BCUT2D eigenvalue weighted by Gasteiger charge is -2.29. The normalized spacial score (nSPS) is 16.2. The quantitative estimate of drug-likeness (QED) is 0.924. The number of nitrogens with zero attached hydrogens (tertiary/aromatic N) is 3. The third kappa shape index (κ3) is 3.09. The number of hydrogen-bond donors (Lipinski definition) is 1. The molecular formula is C15H17ClN4O. The maximum atomic E-state index is 12.4. The van der Waals surface area contributed by atoms with E-state index in [1.54, 1.807) is 29.2 Å². The van der Waals surface area contributed by atoms with Gasteiger partial charge in [-0.2, -0.15) is 5.10 Å². The van der Waals surface area contributed by atoms with Crippen molar-refractivity contribution in [3.8, 4) is 5.69 Å². The zero-order valence-corrected chi connectivity index (χ0v) is 12.3. The van der Waals surface area contributed by atoms with Crippen molar-refractivity contribution in [1.82, 2.24) is 14.7 Å². The van der Waals surface area contributed by atoms with Crippen LogP contribution in [0.3, 0.4) is 0 Å². The second-order valence-electron chi connectivity index (χ2n) is 5.28. The van der Waals surface area contributed by atoms with Crippen LogP contribution in [-0.4, -0.2) is 39.7 Å². The number of halogens is 1. The van der Waals surface area contributed by atoms with Gasteiger partial charge in [-0.05, 0) is 37.1 Å². The lowest BCUT2D eigenvalue weighted by molar-refractivity contribution is 0.0715. The molecule has 1 saturated heterocycles. The first-order valence-electron chi connectivity index (χ1n) is 6.99. The van der Waals surface area contributed by atoms with E-state index in [-0.39, 0.29) is 11.9 Å². The summed E-state index contributed by atoms with van der Waals surface area (Å²) in [4.78, 5) is 14.3. The molecule has 1 aromatic heterocycles. The van der Waals surface area contributed by atoms with E-state index in [1.165, 1.54) is 0 Å². The summed E-state index contributed by atoms with van der Waals surface area (Å²) in [7, 11) is 0. The molecule has 0 aliphatic carbocycles. The Balaban J connectivity index is 1.75. The summed E-state index contributed by atoms with van der Waals surface area (Å²) in [5, 5.41) is 4.92. The van der Waals surface area contributed by atoms with Crippen LogP contribution >= 0.6 is 11.6 Å². The molecule has 0 radical (unpaired) electrons. The summed E-state index contributed by atoms with van der Waals surface area (Å²) in [5.41, 5.74) is 7.33. The van der Waals surface area contributed by atoms with Gasteiger partial charge in [-0.1, -0.05) is 11.6 Å². The fraction of sp³-hybridized carbons (Fsp3) is 0.333. The van der Waals surface area contributed by atoms with Crippen LogP contribution in [0.4, 0.5) is 0 Å². The van der Waals surface area contributed by atoms with Crippen LogP contribution in [-0.2, 0) is 0 Å². The van der Waals surface area contributed by atoms with E-state index in [4.69, 9.17) is 17.3 Å². The topological polar surface area (TPSA) is 64.2 Å². The van der Waals surface area contributed by atoms with E-state index < -0.39 is 0 Å². The fourth-order valence-electron chi connectivity index (χ4n) is 2.45. The summed E-state index contributed by atoms with van der Waals surface area (Å²) < 4.78 is 1.68. The van der Waals surface area contributed by atoms with Crippen LogP contribution in [0.1, 0.15) is 23.2 Å². The first-order chi connectivity index (χ1) is 10.1. The number of aromatic nitrogens is 2. The van der Waals surface area contributed by atoms with E-state index in [1.807, 2.05) is 17.0 Å². The Morgan fingerprint density at radius 1 is 1.24 bits per heavy atom. The highest BCUT2D eigenvalue weighted by Crippen LogP contribution is 2.16. The third-order valence-electron chi connectivity index (χ3n) is 3.75. The predicted molar refractivity (Wildman–Crippen MR) is 81.7 cm³/mol. The zero-order chi connectivity index (χ0) is 14.8. The van der Waals surface area contributed by atoms with E-state index in [0.717, 1.165) is 18.5 Å². The molecule has 1 aliphatic rings. The molecule has 1 aromatic carbocycles. The van der Waals surface area contributed by atoms with Crippen molar-refractivity contribution < 1.29 is 4.79 Å². The lowest BCUT2D eigenvalue weighted by atomic mass is 10.1. The van der Waals surface area contributed by atoms with Gasteiger partial charge in [0.25, 0.3) is 5.91 Å². The van der Waals surface area contributed by atoms with Gasteiger partial charge in [0.15, 0.2) is 0 Å². The summed E-state index contributed by atoms with van der Waals surface area (Å²) in [5.74, 6) is 0.0158. The van der Waals surface area contributed by atoms with Crippen LogP contribution in [0.5, 0.6) is 0 Å². The predicted octanol–water partition coefficient (Wildman–Crippen LogP) is 2.09. The minimum absolute atomic E-state index is 0.0158. The molecule has 0 bridgehead atoms. The number of hydrogen-bond acceptors (Lipinski definition) is 3. The molecule has 1 aliphatic heterocycles. The van der Waals surface area contributed by atoms with Crippen LogP contribution < -0.4 is 5.73 Å². The average molecular weight is 305 g/mol. The van der Waals surface area contributed by atoms with Crippen molar-refractivity contribution in [3.05, 3.63) is 47.2 Å². The van der Waals surface area contributed by atoms with Crippen LogP contribution in [0.15, 0.2) is 36.7 Å². The van der Waals surface area contributed by atoms with Crippen LogP contribution in [0.2, 0.25) is 5.02 Å². The van der Waals surface area contributed by atoms with E-state index in [0.29, 0.717) is 23.7 Å². The highest BCUT2D eigenvalue weighted by atomic mass is 35.5. The number of carbonyl (C=O) groups is 1. The van der Waals surface area contributed by atoms with Crippen molar-refractivity contribution in [3.63, 3.8) is 0 Å². The molecule has 0 unspecified atom stereocenters. The number of benzene rings is 1. The van der Waals surface area contributed by atoms with Crippen molar-refractivity contribution >= 4 is 17.5 Å². The molecule has 1 fully saturated rings. The van der Waals surface area contributed by atoms with E-state index in [2.05, 4.69) is 5.10 Å². The number of nitrogens with two attached hydrogens (primary N) is 1. The molecule has 2 N–H and O–H groups in total. The van der Waals surface area contributed by atoms with Gasteiger partial charge in [-0.15, -0.1) is 0 Å². The van der Waals surface area contributed by atoms with Gasteiger partial charge < -0.3 is 10.6 Å². The smallest absolute Gasteiger partial charge is 0.257 e. The first kappa shape index (κ1) is 14.1. The second-order valence-corrected chi connectivity index (χ2v) is 5.72. The first-order valence-corrected chi connectivity index (χ1v) is 7.37. The van der Waals surface area contributed by atoms with Gasteiger partial charge in [-0.25, -0.2) is 4.68 Å². The van der Waals surface area contributed by atoms with E-state index in [9.17, 15) is 4.79 Å². The Bertz CT molecular complexity index is 629. The van der Waals surface area contributed by atoms with Crippen molar-refractivity contribution in [2.24, 2.45) is 5.73 Å². The molecule has 6 heteroatoms. The molecular weight excluding hydrogens is 288 g/mol. The maximum absolute atomic E-state index is 12.4. The average Bonchev–Trinajstić information content (AvgIpc) is 2.98. The largest absolute Gasteiger partial charge is 0.338 e. The molecule has 5 nitrogen and oxygen atoms in total. The molecule has 1 amide bonds. The molecule has 21 heavy (non-hydrogen) atoms. The monoisotopic (exact) mass is 304 g/mol. The number of amides is 1. The van der Waals surface area contributed by atoms with Gasteiger partial charge in [0.1, 0.15) is 0 Å². The standard InChI is InChI=1S/C15H17ClN4O/c16-12-1-3-14(4-2-12)20-10-11(9-18-20)15(21)19-7-5-13(17)6-8-19/h1-4,9-10,13H,5-8,17H2. The second kappa shape index (κ2) is 5.87. The van der Waals surface area contributed by atoms with Crippen molar-refractivity contribution in [2.75, 3.05) is 13.1 Å². The van der Waals surface area contributed by atoms with Gasteiger partial charge >= 0.3 is 0 Å². The van der Waals surface area contributed by atoms with Crippen LogP contribution in [0.25, 0.3) is 5.69 Å². The number of rotatable bonds is 2. The van der Waals surface area contributed by atoms with Gasteiger partial charge in [-0.3, -0.25) is 4.79 Å². The molecule has 0 atom stereocenters. The zero-order valence-electron chi connectivity index (χ0n) is 11.6. The summed E-state index contributed by atoms with van der Waals surface area (Å²) in [6.07, 6.45) is 5.07. The highest BCUT2D eigenvalue weighted by molar-refractivity contribution is 6.30. The Morgan fingerprint density at radius 2 is 1.90 bits per heavy atom. The molecule has 3 rings (SSSR count). The minimum atomic E-state index is 0.0158. The molecule has 2 heterocycles. The summed E-state index contributed by atoms with van der Waals surface area (Å²) in [6, 6.07) is 7.54. The molecule has 2 aromatic rings.